The van der Waals surface area contributed by atoms with Crippen molar-refractivity contribution in [3.8, 4) is 0 Å². The van der Waals surface area contributed by atoms with Gasteiger partial charge in [-0.1, -0.05) is 30.3 Å². The van der Waals surface area contributed by atoms with Crippen molar-refractivity contribution in [2.24, 2.45) is 0 Å². The molecule has 0 saturated carbocycles. The molecule has 1 aromatic carbocycles. The highest BCUT2D eigenvalue weighted by molar-refractivity contribution is 5.77. The van der Waals surface area contributed by atoms with Crippen LogP contribution >= 0.6 is 0 Å². The second kappa shape index (κ2) is 6.69. The first-order valence-corrected chi connectivity index (χ1v) is 6.31. The molecule has 0 fully saturated rings. The molecule has 1 N–H and O–H groups in total. The number of aryl methyl sites for hydroxylation is 1. The van der Waals surface area contributed by atoms with E-state index in [1.165, 1.54) is 5.56 Å². The van der Waals surface area contributed by atoms with Crippen LogP contribution < -0.4 is 5.32 Å². The van der Waals surface area contributed by atoms with Crippen LogP contribution in [-0.2, 0) is 11.3 Å². The van der Waals surface area contributed by atoms with E-state index in [1.807, 2.05) is 55.8 Å². The van der Waals surface area contributed by atoms with Gasteiger partial charge in [0.1, 0.15) is 0 Å². The molecule has 0 aliphatic heterocycles. The van der Waals surface area contributed by atoms with Gasteiger partial charge < -0.3 is 5.32 Å². The molecule has 3 nitrogen and oxygen atoms in total. The third kappa shape index (κ3) is 4.21. The van der Waals surface area contributed by atoms with Crippen molar-refractivity contribution in [3.05, 3.63) is 71.9 Å². The van der Waals surface area contributed by atoms with Gasteiger partial charge >= 0.3 is 0 Å². The zero-order valence-corrected chi connectivity index (χ0v) is 11.0. The summed E-state index contributed by atoms with van der Waals surface area (Å²) in [5.41, 5.74) is 3.15. The minimum absolute atomic E-state index is 0.00825. The number of nitrogens with zero attached hydrogens (tertiary/aromatic N) is 1. The van der Waals surface area contributed by atoms with Crippen LogP contribution in [0, 0.1) is 13.3 Å². The lowest BCUT2D eigenvalue weighted by atomic mass is 10.0. The van der Waals surface area contributed by atoms with Gasteiger partial charge in [0.2, 0.25) is 5.91 Å². The molecule has 0 aliphatic carbocycles. The van der Waals surface area contributed by atoms with Crippen LogP contribution in [0.5, 0.6) is 0 Å². The van der Waals surface area contributed by atoms with Gasteiger partial charge in [-0.05, 0) is 30.2 Å². The van der Waals surface area contributed by atoms with E-state index in [9.17, 15) is 4.79 Å². The first kappa shape index (κ1) is 13.3. The molecule has 2 aromatic rings. The van der Waals surface area contributed by atoms with Crippen LogP contribution in [0.15, 0.2) is 48.7 Å². The van der Waals surface area contributed by atoms with Crippen molar-refractivity contribution in [3.63, 3.8) is 0 Å². The summed E-state index contributed by atoms with van der Waals surface area (Å²) in [5, 5.41) is 2.86. The summed E-state index contributed by atoms with van der Waals surface area (Å²) in [6.45, 7) is 2.51. The summed E-state index contributed by atoms with van der Waals surface area (Å²) in [4.78, 5) is 15.9. The normalized spacial score (nSPS) is 10.2. The number of carbonyl (C=O) groups is 1. The van der Waals surface area contributed by atoms with Gasteiger partial charge in [-0.3, -0.25) is 9.78 Å². The molecule has 1 aromatic heterocycles. The lowest BCUT2D eigenvalue weighted by molar-refractivity contribution is -0.120. The van der Waals surface area contributed by atoms with Gasteiger partial charge in [-0.2, -0.15) is 0 Å². The number of benzene rings is 1. The van der Waals surface area contributed by atoms with Gasteiger partial charge in [-0.15, -0.1) is 0 Å². The van der Waals surface area contributed by atoms with E-state index in [4.69, 9.17) is 0 Å². The van der Waals surface area contributed by atoms with E-state index in [0.29, 0.717) is 13.0 Å². The Bertz CT molecular complexity index is 537. The van der Waals surface area contributed by atoms with Crippen LogP contribution in [0.4, 0.5) is 0 Å². The maximum absolute atomic E-state index is 11.7. The van der Waals surface area contributed by atoms with Gasteiger partial charge in [0.15, 0.2) is 0 Å². The van der Waals surface area contributed by atoms with Gasteiger partial charge in [0, 0.05) is 19.0 Å². The molecular formula is C16H17N2O. The van der Waals surface area contributed by atoms with Crippen LogP contribution in [0.2, 0.25) is 0 Å². The van der Waals surface area contributed by atoms with E-state index < -0.39 is 0 Å². The summed E-state index contributed by atoms with van der Waals surface area (Å²) in [7, 11) is 0. The van der Waals surface area contributed by atoms with E-state index in [1.54, 1.807) is 6.20 Å². The fourth-order valence-electron chi connectivity index (χ4n) is 1.78. The van der Waals surface area contributed by atoms with E-state index in [2.05, 4.69) is 10.3 Å². The Morgan fingerprint density at radius 3 is 2.74 bits per heavy atom. The lowest BCUT2D eigenvalue weighted by Gasteiger charge is -2.06. The largest absolute Gasteiger partial charge is 0.350 e. The highest BCUT2D eigenvalue weighted by Gasteiger charge is 2.04. The lowest BCUT2D eigenvalue weighted by Crippen LogP contribution is -2.23. The summed E-state index contributed by atoms with van der Waals surface area (Å²) < 4.78 is 0. The third-order valence-electron chi connectivity index (χ3n) is 2.89. The van der Waals surface area contributed by atoms with Crippen LogP contribution in [0.1, 0.15) is 23.2 Å². The molecule has 0 spiro atoms. The molecule has 0 bridgehead atoms. The molecule has 0 atom stereocenters. The van der Waals surface area contributed by atoms with Crippen LogP contribution in [-0.4, -0.2) is 10.9 Å². The summed E-state index contributed by atoms with van der Waals surface area (Å²) in [5.74, 6) is 0.00825. The van der Waals surface area contributed by atoms with Crippen molar-refractivity contribution in [2.45, 2.75) is 19.9 Å². The topological polar surface area (TPSA) is 42.0 Å². The molecule has 0 aliphatic rings. The van der Waals surface area contributed by atoms with Crippen LogP contribution in [0.25, 0.3) is 0 Å². The number of carbonyl (C=O) groups excluding carboxylic acids is 1. The SMILES string of the molecule is Cc1ccccc1[CH]CC(=O)NCc1ccccn1. The molecule has 3 heteroatoms. The Kier molecular flexibility index (Phi) is 4.67. The number of amides is 1. The monoisotopic (exact) mass is 253 g/mol. The predicted octanol–water partition coefficient (Wildman–Crippen LogP) is 2.65. The van der Waals surface area contributed by atoms with Crippen molar-refractivity contribution in [1.82, 2.24) is 10.3 Å². The van der Waals surface area contributed by atoms with Crippen LogP contribution in [0.3, 0.4) is 0 Å². The molecule has 97 valence electrons. The summed E-state index contributed by atoms with van der Waals surface area (Å²) >= 11 is 0. The Morgan fingerprint density at radius 2 is 2.00 bits per heavy atom. The van der Waals surface area contributed by atoms with Gasteiger partial charge in [0.05, 0.1) is 12.2 Å². The number of hydrogen-bond acceptors (Lipinski definition) is 2. The zero-order chi connectivity index (χ0) is 13.5. The number of hydrogen-bond donors (Lipinski definition) is 1. The number of aromatic nitrogens is 1. The average molecular weight is 253 g/mol. The number of nitrogens with one attached hydrogen (secondary N) is 1. The fraction of sp³-hybridized carbons (Fsp3) is 0.188. The van der Waals surface area contributed by atoms with E-state index >= 15 is 0 Å². The minimum atomic E-state index is 0.00825. The van der Waals surface area contributed by atoms with Crippen molar-refractivity contribution >= 4 is 5.91 Å². The molecule has 0 unspecified atom stereocenters. The Morgan fingerprint density at radius 1 is 1.21 bits per heavy atom. The van der Waals surface area contributed by atoms with Gasteiger partial charge in [0.25, 0.3) is 0 Å². The standard InChI is InChI=1S/C16H17N2O/c1-13-6-2-3-7-14(13)9-10-16(19)18-12-15-8-4-5-11-17-15/h2-9,11H,10,12H2,1H3,(H,18,19). The summed E-state index contributed by atoms with van der Waals surface area (Å²) in [6, 6.07) is 13.7. The van der Waals surface area contributed by atoms with Crippen molar-refractivity contribution < 1.29 is 4.79 Å². The Labute approximate surface area is 113 Å². The van der Waals surface area contributed by atoms with E-state index in [-0.39, 0.29) is 5.91 Å². The molecule has 1 amide bonds. The van der Waals surface area contributed by atoms with Crippen molar-refractivity contribution in [1.29, 1.82) is 0 Å². The maximum Gasteiger partial charge on any atom is 0.220 e. The first-order chi connectivity index (χ1) is 9.25. The fourth-order valence-corrected chi connectivity index (χ4v) is 1.78. The van der Waals surface area contributed by atoms with Gasteiger partial charge in [-0.25, -0.2) is 0 Å². The second-order valence-corrected chi connectivity index (χ2v) is 4.36. The van der Waals surface area contributed by atoms with Crippen molar-refractivity contribution in [2.75, 3.05) is 0 Å². The quantitative estimate of drug-likeness (QED) is 0.890. The number of rotatable bonds is 5. The highest BCUT2D eigenvalue weighted by Crippen LogP contribution is 2.11. The maximum atomic E-state index is 11.7. The average Bonchev–Trinajstić information content (AvgIpc) is 2.45. The molecule has 0 saturated heterocycles. The highest BCUT2D eigenvalue weighted by atomic mass is 16.1. The first-order valence-electron chi connectivity index (χ1n) is 6.31. The molecular weight excluding hydrogens is 236 g/mol. The smallest absolute Gasteiger partial charge is 0.220 e. The van der Waals surface area contributed by atoms with E-state index in [0.717, 1.165) is 11.3 Å². The summed E-state index contributed by atoms with van der Waals surface area (Å²) in [6.07, 6.45) is 4.06. The Hall–Kier alpha value is -2.16. The molecule has 1 radical (unpaired) electrons. The minimum Gasteiger partial charge on any atom is -0.350 e. The number of pyridine rings is 1. The second-order valence-electron chi connectivity index (χ2n) is 4.36. The molecule has 2 rings (SSSR count). The predicted molar refractivity (Wildman–Crippen MR) is 75.3 cm³/mol. The molecule has 1 heterocycles. The third-order valence-corrected chi connectivity index (χ3v) is 2.89. The molecule has 19 heavy (non-hydrogen) atoms. The Balaban J connectivity index is 1.78. The zero-order valence-electron chi connectivity index (χ0n) is 11.0.